The zero-order valence-corrected chi connectivity index (χ0v) is 12.4. The molecule has 1 aromatic carbocycles. The van der Waals surface area contributed by atoms with Gasteiger partial charge in [-0.1, -0.05) is 0 Å². The minimum atomic E-state index is -3.76. The van der Waals surface area contributed by atoms with E-state index >= 15 is 0 Å². The van der Waals surface area contributed by atoms with Crippen LogP contribution >= 0.6 is 0 Å². The van der Waals surface area contributed by atoms with Gasteiger partial charge in [-0.2, -0.15) is 0 Å². The van der Waals surface area contributed by atoms with E-state index in [9.17, 15) is 13.2 Å². The van der Waals surface area contributed by atoms with E-state index in [1.165, 1.54) is 39.5 Å². The lowest BCUT2D eigenvalue weighted by Crippen LogP contribution is -2.29. The van der Waals surface area contributed by atoms with Gasteiger partial charge in [-0.25, -0.2) is 12.7 Å². The Bertz CT molecular complexity index is 586. The van der Waals surface area contributed by atoms with E-state index in [1.807, 2.05) is 0 Å². The molecule has 8 heteroatoms. The van der Waals surface area contributed by atoms with Crippen molar-refractivity contribution >= 4 is 21.7 Å². The van der Waals surface area contributed by atoms with Crippen LogP contribution in [0.3, 0.4) is 0 Å². The molecular weight excluding hydrogens is 284 g/mol. The van der Waals surface area contributed by atoms with Crippen LogP contribution in [0, 0.1) is 0 Å². The number of nitrogen functional groups attached to an aromatic ring is 1. The number of ether oxygens (including phenoxy) is 2. The topological polar surface area (TPSA) is 98.9 Å². The minimum absolute atomic E-state index is 0.00145. The molecule has 7 nitrogen and oxygen atoms in total. The quantitative estimate of drug-likeness (QED) is 0.605. The van der Waals surface area contributed by atoms with Gasteiger partial charge in [0.05, 0.1) is 20.6 Å². The second kappa shape index (κ2) is 6.58. The molecule has 0 saturated carbocycles. The molecule has 1 rings (SSSR count). The van der Waals surface area contributed by atoms with Crippen molar-refractivity contribution in [2.24, 2.45) is 0 Å². The molecule has 1 aromatic rings. The van der Waals surface area contributed by atoms with Gasteiger partial charge in [0.1, 0.15) is 10.6 Å². The van der Waals surface area contributed by atoms with Gasteiger partial charge in [-0.15, -0.1) is 0 Å². The summed E-state index contributed by atoms with van der Waals surface area (Å²) >= 11 is 0. The molecule has 0 saturated heterocycles. The third-order valence-electron chi connectivity index (χ3n) is 2.73. The van der Waals surface area contributed by atoms with Crippen LogP contribution in [0.1, 0.15) is 6.42 Å². The third-order valence-corrected chi connectivity index (χ3v) is 4.63. The number of rotatable bonds is 6. The average Bonchev–Trinajstić information content (AvgIpc) is 2.43. The van der Waals surface area contributed by atoms with Gasteiger partial charge < -0.3 is 15.2 Å². The molecule has 0 unspecified atom stereocenters. The summed E-state index contributed by atoms with van der Waals surface area (Å²) in [6.45, 7) is 0.0164. The fourth-order valence-electron chi connectivity index (χ4n) is 1.54. The summed E-state index contributed by atoms with van der Waals surface area (Å²) < 4.78 is 35.3. The lowest BCUT2D eigenvalue weighted by Gasteiger charge is -2.18. The van der Waals surface area contributed by atoms with Crippen molar-refractivity contribution in [2.45, 2.75) is 11.3 Å². The van der Waals surface area contributed by atoms with E-state index in [0.717, 1.165) is 4.31 Å². The molecule has 0 fully saturated rings. The summed E-state index contributed by atoms with van der Waals surface area (Å²) in [6, 6.07) is 4.28. The predicted octanol–water partition coefficient (Wildman–Crippen LogP) is 0.461. The lowest BCUT2D eigenvalue weighted by atomic mass is 10.3. The van der Waals surface area contributed by atoms with Crippen LogP contribution in [-0.2, 0) is 19.6 Å². The highest BCUT2D eigenvalue weighted by molar-refractivity contribution is 7.89. The second-order valence-electron chi connectivity index (χ2n) is 4.06. The van der Waals surface area contributed by atoms with Crippen molar-refractivity contribution in [1.29, 1.82) is 0 Å². The Morgan fingerprint density at radius 1 is 1.35 bits per heavy atom. The first-order valence-corrected chi connectivity index (χ1v) is 7.23. The summed E-state index contributed by atoms with van der Waals surface area (Å²) in [5, 5.41) is 0. The number of hydrogen-bond donors (Lipinski definition) is 1. The molecule has 0 aromatic heterocycles. The van der Waals surface area contributed by atoms with Crippen LogP contribution < -0.4 is 10.5 Å². The van der Waals surface area contributed by atoms with E-state index in [-0.39, 0.29) is 23.6 Å². The molecule has 0 spiro atoms. The fraction of sp³-hybridized carbons (Fsp3) is 0.417. The Kier molecular flexibility index (Phi) is 5.34. The highest BCUT2D eigenvalue weighted by Gasteiger charge is 2.25. The van der Waals surface area contributed by atoms with Crippen molar-refractivity contribution in [3.8, 4) is 5.75 Å². The summed E-state index contributed by atoms with van der Waals surface area (Å²) in [6.07, 6.45) is -0.0243. The number of benzene rings is 1. The molecule has 0 atom stereocenters. The van der Waals surface area contributed by atoms with Crippen LogP contribution in [0.15, 0.2) is 23.1 Å². The van der Waals surface area contributed by atoms with E-state index in [4.69, 9.17) is 10.5 Å². The third kappa shape index (κ3) is 3.61. The molecular formula is C12H18N2O5S. The maximum Gasteiger partial charge on any atom is 0.306 e. The Balaban J connectivity index is 3.01. The Hall–Kier alpha value is -1.80. The largest absolute Gasteiger partial charge is 0.495 e. The maximum absolute atomic E-state index is 12.4. The summed E-state index contributed by atoms with van der Waals surface area (Å²) in [5.74, 6) is -0.314. The maximum atomic E-state index is 12.4. The van der Waals surface area contributed by atoms with Gasteiger partial charge >= 0.3 is 5.97 Å². The number of methoxy groups -OCH3 is 2. The average molecular weight is 302 g/mol. The number of nitrogens with zero attached hydrogens (tertiary/aromatic N) is 1. The number of hydrogen-bond acceptors (Lipinski definition) is 6. The van der Waals surface area contributed by atoms with Crippen molar-refractivity contribution in [3.63, 3.8) is 0 Å². The highest BCUT2D eigenvalue weighted by Crippen LogP contribution is 2.28. The van der Waals surface area contributed by atoms with Crippen molar-refractivity contribution < 1.29 is 22.7 Å². The van der Waals surface area contributed by atoms with Gasteiger partial charge in [0, 0.05) is 25.3 Å². The summed E-state index contributed by atoms with van der Waals surface area (Å²) in [5.41, 5.74) is 5.99. The van der Waals surface area contributed by atoms with Gasteiger partial charge in [0.15, 0.2) is 0 Å². The SMILES string of the molecule is COC(=O)CCN(C)S(=O)(=O)c1ccc(N)cc1OC. The number of sulfonamides is 1. The van der Waals surface area contributed by atoms with Gasteiger partial charge in [-0.05, 0) is 12.1 Å². The Labute approximate surface area is 118 Å². The van der Waals surface area contributed by atoms with E-state index in [2.05, 4.69) is 4.74 Å². The smallest absolute Gasteiger partial charge is 0.306 e. The molecule has 0 amide bonds. The highest BCUT2D eigenvalue weighted by atomic mass is 32.2. The first-order valence-electron chi connectivity index (χ1n) is 5.79. The van der Waals surface area contributed by atoms with Gasteiger partial charge in [0.25, 0.3) is 0 Å². The second-order valence-corrected chi connectivity index (χ2v) is 6.08. The molecule has 20 heavy (non-hydrogen) atoms. The minimum Gasteiger partial charge on any atom is -0.495 e. The lowest BCUT2D eigenvalue weighted by molar-refractivity contribution is -0.140. The molecule has 0 aliphatic rings. The number of esters is 1. The number of anilines is 1. The molecule has 112 valence electrons. The molecule has 2 N–H and O–H groups in total. The molecule has 0 aliphatic carbocycles. The van der Waals surface area contributed by atoms with E-state index in [1.54, 1.807) is 0 Å². The monoisotopic (exact) mass is 302 g/mol. The van der Waals surface area contributed by atoms with Crippen molar-refractivity contribution in [1.82, 2.24) is 4.31 Å². The number of nitrogens with two attached hydrogens (primary N) is 1. The van der Waals surface area contributed by atoms with Crippen LogP contribution in [0.25, 0.3) is 0 Å². The first kappa shape index (κ1) is 16.3. The standard InChI is InChI=1S/C12H18N2O5S/c1-14(7-6-12(15)19-3)20(16,17)11-5-4-9(13)8-10(11)18-2/h4-5,8H,6-7,13H2,1-3H3. The molecule has 0 bridgehead atoms. The Morgan fingerprint density at radius 3 is 2.55 bits per heavy atom. The van der Waals surface area contributed by atoms with Crippen molar-refractivity contribution in [2.75, 3.05) is 33.5 Å². The Morgan fingerprint density at radius 2 is 2.00 bits per heavy atom. The fourth-order valence-corrected chi connectivity index (χ4v) is 2.84. The normalized spacial score (nSPS) is 11.4. The zero-order valence-electron chi connectivity index (χ0n) is 11.6. The molecule has 0 heterocycles. The number of carbonyl (C=O) groups excluding carboxylic acids is 1. The van der Waals surface area contributed by atoms with E-state index in [0.29, 0.717) is 5.69 Å². The van der Waals surface area contributed by atoms with Crippen molar-refractivity contribution in [3.05, 3.63) is 18.2 Å². The predicted molar refractivity (Wildman–Crippen MR) is 73.9 cm³/mol. The van der Waals surface area contributed by atoms with Gasteiger partial charge in [0.2, 0.25) is 10.0 Å². The van der Waals surface area contributed by atoms with Crippen LogP contribution in [-0.4, -0.2) is 46.5 Å². The van der Waals surface area contributed by atoms with Crippen LogP contribution in [0.2, 0.25) is 0 Å². The summed E-state index contributed by atoms with van der Waals surface area (Å²) in [7, 11) is 0.239. The summed E-state index contributed by atoms with van der Waals surface area (Å²) in [4.78, 5) is 11.1. The van der Waals surface area contributed by atoms with Crippen LogP contribution in [0.5, 0.6) is 5.75 Å². The van der Waals surface area contributed by atoms with Crippen LogP contribution in [0.4, 0.5) is 5.69 Å². The molecule has 0 aliphatic heterocycles. The zero-order chi connectivity index (χ0) is 15.3. The number of carbonyl (C=O) groups is 1. The van der Waals surface area contributed by atoms with Gasteiger partial charge in [-0.3, -0.25) is 4.79 Å². The first-order chi connectivity index (χ1) is 9.32. The molecule has 0 radical (unpaired) electrons. The van der Waals surface area contributed by atoms with E-state index < -0.39 is 16.0 Å².